The molecule has 3 unspecified atom stereocenters. The van der Waals surface area contributed by atoms with Gasteiger partial charge >= 0.3 is 0 Å². The zero-order valence-corrected chi connectivity index (χ0v) is 31.5. The molecule has 0 amide bonds. The Morgan fingerprint density at radius 1 is 0.526 bits per heavy atom. The van der Waals surface area contributed by atoms with E-state index in [1.807, 2.05) is 0 Å². The van der Waals surface area contributed by atoms with Crippen molar-refractivity contribution in [1.29, 1.82) is 0 Å². The first-order valence-corrected chi connectivity index (χ1v) is 20.1. The van der Waals surface area contributed by atoms with Gasteiger partial charge in [-0.2, -0.15) is 0 Å². The average molecular weight is 736 g/mol. The molecule has 2 N–H and O–H groups in total. The van der Waals surface area contributed by atoms with Crippen molar-refractivity contribution in [2.45, 2.75) is 37.5 Å². The second-order valence-corrected chi connectivity index (χ2v) is 15.5. The molecule has 3 atom stereocenters. The van der Waals surface area contributed by atoms with Gasteiger partial charge in [0, 0.05) is 17.0 Å². The largest absolute Gasteiger partial charge is 0.461 e. The average Bonchev–Trinajstić information content (AvgIpc) is 3.67. The maximum absolute atomic E-state index is 6.71. The van der Waals surface area contributed by atoms with Gasteiger partial charge < -0.3 is 10.1 Å². The van der Waals surface area contributed by atoms with Crippen LogP contribution in [0.4, 0.5) is 0 Å². The number of benzene rings is 8. The summed E-state index contributed by atoms with van der Waals surface area (Å²) >= 11 is 0. The number of rotatable bonds is 6. The summed E-state index contributed by atoms with van der Waals surface area (Å²) in [6.07, 6.45) is 5.20. The SMILES string of the molecule is C1=C2Oc3cc(C4=NC(c5ccccc5)NC(c5ccc(-c6cccc7ccccc67)cc5)N4)cc(-c4ccc(-c5ccc6ccccc6c5)cc4)c3C2CCC1. The first-order valence-electron chi connectivity index (χ1n) is 20.1. The van der Waals surface area contributed by atoms with Crippen LogP contribution in [0.15, 0.2) is 193 Å². The van der Waals surface area contributed by atoms with E-state index in [1.165, 1.54) is 66.9 Å². The Morgan fingerprint density at radius 3 is 2.09 bits per heavy atom. The highest BCUT2D eigenvalue weighted by Gasteiger charge is 2.35. The molecule has 0 fully saturated rings. The van der Waals surface area contributed by atoms with Crippen LogP contribution in [0.3, 0.4) is 0 Å². The van der Waals surface area contributed by atoms with Crippen molar-refractivity contribution in [2.75, 3.05) is 0 Å². The number of ether oxygens (including phenoxy) is 1. The van der Waals surface area contributed by atoms with Gasteiger partial charge in [0.1, 0.15) is 29.7 Å². The van der Waals surface area contributed by atoms with Crippen LogP contribution < -0.4 is 15.4 Å². The third-order valence-corrected chi connectivity index (χ3v) is 12.0. The summed E-state index contributed by atoms with van der Waals surface area (Å²) in [6, 6.07) is 63.5. The predicted molar refractivity (Wildman–Crippen MR) is 234 cm³/mol. The van der Waals surface area contributed by atoms with Crippen LogP contribution in [0.1, 0.15) is 59.8 Å². The second-order valence-electron chi connectivity index (χ2n) is 15.5. The van der Waals surface area contributed by atoms with E-state index >= 15 is 0 Å². The normalized spacial score (nSPS) is 18.6. The number of nitrogens with zero attached hydrogens (tertiary/aromatic N) is 1. The molecule has 4 heteroatoms. The smallest absolute Gasteiger partial charge is 0.132 e. The fourth-order valence-electron chi connectivity index (χ4n) is 9.05. The number of amidine groups is 1. The van der Waals surface area contributed by atoms with Crippen molar-refractivity contribution in [3.63, 3.8) is 0 Å². The molecule has 2 aliphatic heterocycles. The summed E-state index contributed by atoms with van der Waals surface area (Å²) in [5.41, 5.74) is 11.8. The van der Waals surface area contributed by atoms with Crippen LogP contribution in [0, 0.1) is 0 Å². The Morgan fingerprint density at radius 2 is 1.23 bits per heavy atom. The molecule has 2 heterocycles. The summed E-state index contributed by atoms with van der Waals surface area (Å²) in [6.45, 7) is 0. The Hall–Kier alpha value is -6.75. The van der Waals surface area contributed by atoms with Gasteiger partial charge in [-0.25, -0.2) is 4.99 Å². The van der Waals surface area contributed by atoms with Crippen molar-refractivity contribution >= 4 is 27.4 Å². The van der Waals surface area contributed by atoms with E-state index in [9.17, 15) is 0 Å². The van der Waals surface area contributed by atoms with E-state index in [0.717, 1.165) is 46.9 Å². The maximum atomic E-state index is 6.71. The van der Waals surface area contributed by atoms with Gasteiger partial charge in [-0.15, -0.1) is 0 Å². The lowest BCUT2D eigenvalue weighted by molar-refractivity contribution is 0.402. The summed E-state index contributed by atoms with van der Waals surface area (Å²) in [7, 11) is 0. The van der Waals surface area contributed by atoms with E-state index in [4.69, 9.17) is 9.73 Å². The Labute approximate surface area is 333 Å². The van der Waals surface area contributed by atoms with Crippen LogP contribution in [-0.4, -0.2) is 5.84 Å². The monoisotopic (exact) mass is 735 g/mol. The molecule has 0 radical (unpaired) electrons. The molecule has 8 aromatic carbocycles. The van der Waals surface area contributed by atoms with E-state index in [0.29, 0.717) is 0 Å². The van der Waals surface area contributed by atoms with Crippen LogP contribution in [-0.2, 0) is 0 Å². The van der Waals surface area contributed by atoms with Crippen LogP contribution >= 0.6 is 0 Å². The van der Waals surface area contributed by atoms with Crippen LogP contribution in [0.25, 0.3) is 54.9 Å². The van der Waals surface area contributed by atoms with Gasteiger partial charge in [0.2, 0.25) is 0 Å². The van der Waals surface area contributed by atoms with Crippen molar-refractivity contribution in [3.05, 3.63) is 210 Å². The number of allylic oxidation sites excluding steroid dienone is 2. The van der Waals surface area contributed by atoms with Crippen LogP contribution in [0.5, 0.6) is 5.75 Å². The number of aliphatic imine (C=N–C) groups is 1. The molecule has 0 bridgehead atoms. The lowest BCUT2D eigenvalue weighted by Gasteiger charge is -2.32. The Kier molecular flexibility index (Phi) is 8.29. The fourth-order valence-corrected chi connectivity index (χ4v) is 9.05. The second kappa shape index (κ2) is 14.1. The number of hydrogen-bond donors (Lipinski definition) is 2. The quantitative estimate of drug-likeness (QED) is 0.179. The molecule has 274 valence electrons. The molecule has 8 aromatic rings. The lowest BCUT2D eigenvalue weighted by Crippen LogP contribution is -2.45. The maximum Gasteiger partial charge on any atom is 0.132 e. The molecule has 3 aliphatic rings. The van der Waals surface area contributed by atoms with Gasteiger partial charge in [-0.1, -0.05) is 158 Å². The molecule has 0 aromatic heterocycles. The number of fused-ring (bicyclic) bond motifs is 5. The summed E-state index contributed by atoms with van der Waals surface area (Å²) in [5, 5.41) is 12.6. The van der Waals surface area contributed by atoms with E-state index < -0.39 is 0 Å². The minimum absolute atomic E-state index is 0.173. The third kappa shape index (κ3) is 6.19. The zero-order valence-electron chi connectivity index (χ0n) is 31.5. The van der Waals surface area contributed by atoms with Crippen molar-refractivity contribution in [2.24, 2.45) is 4.99 Å². The van der Waals surface area contributed by atoms with E-state index in [1.54, 1.807) is 0 Å². The van der Waals surface area contributed by atoms with E-state index in [-0.39, 0.29) is 18.2 Å². The highest BCUT2D eigenvalue weighted by molar-refractivity contribution is 6.02. The highest BCUT2D eigenvalue weighted by atomic mass is 16.5. The van der Waals surface area contributed by atoms with Gasteiger partial charge in [0.25, 0.3) is 0 Å². The topological polar surface area (TPSA) is 45.6 Å². The molecule has 0 saturated heterocycles. The number of nitrogens with one attached hydrogen (secondary N) is 2. The lowest BCUT2D eigenvalue weighted by atomic mass is 9.83. The summed E-state index contributed by atoms with van der Waals surface area (Å²) < 4.78 is 6.71. The van der Waals surface area contributed by atoms with Gasteiger partial charge in [0.05, 0.1) is 0 Å². The molecule has 0 saturated carbocycles. The van der Waals surface area contributed by atoms with Crippen molar-refractivity contribution in [1.82, 2.24) is 10.6 Å². The van der Waals surface area contributed by atoms with Crippen molar-refractivity contribution in [3.8, 4) is 39.1 Å². The first kappa shape index (κ1) is 33.6. The van der Waals surface area contributed by atoms with E-state index in [2.05, 4.69) is 193 Å². The predicted octanol–water partition coefficient (Wildman–Crippen LogP) is 12.9. The fraction of sp³-hybridized carbons (Fsp3) is 0.113. The van der Waals surface area contributed by atoms with Gasteiger partial charge in [-0.3, -0.25) is 5.32 Å². The Bertz CT molecular complexity index is 2850. The first-order chi connectivity index (χ1) is 28.2. The molecular weight excluding hydrogens is 695 g/mol. The van der Waals surface area contributed by atoms with Gasteiger partial charge in [-0.05, 0) is 110 Å². The molecular formula is C53H41N3O. The zero-order chi connectivity index (χ0) is 37.7. The van der Waals surface area contributed by atoms with Crippen molar-refractivity contribution < 1.29 is 4.74 Å². The molecule has 57 heavy (non-hydrogen) atoms. The van der Waals surface area contributed by atoms with Crippen LogP contribution in [0.2, 0.25) is 0 Å². The van der Waals surface area contributed by atoms with Gasteiger partial charge in [0.15, 0.2) is 0 Å². The standard InChI is InChI=1S/C53H41N3O/c1-2-13-39(14-3-1)51-54-52(40-28-26-37(27-29-40)45-19-10-16-36-12-6-7-17-44(36)45)56-53(55-51)43-32-47(50-46-18-8-9-20-48(46)57-49(50)33-43)38-24-21-35(22-25-38)42-30-23-34-11-4-5-15-41(34)31-42/h1-7,10-17,19-33,46,51-52,54H,8-9,18H2,(H,55,56). The molecule has 0 spiro atoms. The molecule has 1 aliphatic carbocycles. The third-order valence-electron chi connectivity index (χ3n) is 12.0. The summed E-state index contributed by atoms with van der Waals surface area (Å²) in [5.74, 6) is 3.14. The molecule has 11 rings (SSSR count). The number of hydrogen-bond acceptors (Lipinski definition) is 4. The summed E-state index contributed by atoms with van der Waals surface area (Å²) in [4.78, 5) is 5.35. The minimum Gasteiger partial charge on any atom is -0.461 e. The highest BCUT2D eigenvalue weighted by Crippen LogP contribution is 2.51. The molecule has 4 nitrogen and oxygen atoms in total. The minimum atomic E-state index is -0.241. The Balaban J connectivity index is 0.980.